The Labute approximate surface area is 90.8 Å². The summed E-state index contributed by atoms with van der Waals surface area (Å²) in [4.78, 5) is 14.9. The van der Waals surface area contributed by atoms with Gasteiger partial charge in [0.25, 0.3) is 0 Å². The summed E-state index contributed by atoms with van der Waals surface area (Å²) in [7, 11) is 0. The molecule has 0 aliphatic carbocycles. The maximum Gasteiger partial charge on any atom is 0.339 e. The molecule has 0 unspecified atom stereocenters. The van der Waals surface area contributed by atoms with Crippen molar-refractivity contribution in [2.75, 3.05) is 0 Å². The zero-order valence-electron chi connectivity index (χ0n) is 8.24. The van der Waals surface area contributed by atoms with Gasteiger partial charge in [-0.15, -0.1) is 0 Å². The van der Waals surface area contributed by atoms with Crippen LogP contribution in [-0.2, 0) is 6.61 Å². The van der Waals surface area contributed by atoms with Gasteiger partial charge in [-0.1, -0.05) is 0 Å². The van der Waals surface area contributed by atoms with Gasteiger partial charge in [0, 0.05) is 12.4 Å². The highest BCUT2D eigenvalue weighted by atomic mass is 16.4. The number of aromatic carboxylic acids is 1. The van der Waals surface area contributed by atoms with Crippen LogP contribution in [0.25, 0.3) is 5.82 Å². The Kier molecular flexibility index (Phi) is 2.65. The van der Waals surface area contributed by atoms with Gasteiger partial charge in [-0.25, -0.2) is 14.5 Å². The van der Waals surface area contributed by atoms with E-state index in [1.807, 2.05) is 0 Å². The molecule has 0 fully saturated rings. The summed E-state index contributed by atoms with van der Waals surface area (Å²) >= 11 is 0. The average Bonchev–Trinajstić information content (AvgIpc) is 2.77. The first kappa shape index (κ1) is 10.3. The predicted octanol–water partition coefficient (Wildman–Crippen LogP) is 0.458. The number of carbonyl (C=O) groups is 1. The van der Waals surface area contributed by atoms with E-state index in [4.69, 9.17) is 10.2 Å². The second kappa shape index (κ2) is 4.11. The zero-order valence-corrected chi connectivity index (χ0v) is 8.24. The summed E-state index contributed by atoms with van der Waals surface area (Å²) in [5.41, 5.74) is 0.525. The second-order valence-corrected chi connectivity index (χ2v) is 3.09. The van der Waals surface area contributed by atoms with E-state index in [1.165, 1.54) is 16.9 Å². The fourth-order valence-corrected chi connectivity index (χ4v) is 1.31. The molecular weight excluding hydrogens is 210 g/mol. The normalized spacial score (nSPS) is 10.3. The monoisotopic (exact) mass is 219 g/mol. The van der Waals surface area contributed by atoms with E-state index in [2.05, 4.69) is 10.1 Å². The van der Waals surface area contributed by atoms with E-state index >= 15 is 0 Å². The maximum atomic E-state index is 10.9. The van der Waals surface area contributed by atoms with E-state index in [-0.39, 0.29) is 18.0 Å². The molecule has 0 spiro atoms. The standard InChI is InChI=1S/C10H9N3O3/c14-6-7-3-5-13(12-7)9-8(10(15)16)2-1-4-11-9/h1-5,14H,6H2,(H,15,16). The fraction of sp³-hybridized carbons (Fsp3) is 0.100. The van der Waals surface area contributed by atoms with Gasteiger partial charge in [-0.2, -0.15) is 5.10 Å². The van der Waals surface area contributed by atoms with Crippen LogP contribution in [0.4, 0.5) is 0 Å². The number of carboxylic acid groups (broad SMARTS) is 1. The first-order chi connectivity index (χ1) is 7.72. The molecule has 16 heavy (non-hydrogen) atoms. The minimum atomic E-state index is -1.07. The van der Waals surface area contributed by atoms with Crippen LogP contribution in [0.1, 0.15) is 16.1 Å². The molecule has 0 aliphatic rings. The zero-order chi connectivity index (χ0) is 11.5. The molecule has 0 aliphatic heterocycles. The van der Waals surface area contributed by atoms with Crippen molar-refractivity contribution < 1.29 is 15.0 Å². The van der Waals surface area contributed by atoms with E-state index in [0.717, 1.165) is 0 Å². The molecule has 0 saturated carbocycles. The average molecular weight is 219 g/mol. The number of aliphatic hydroxyl groups is 1. The lowest BCUT2D eigenvalue weighted by molar-refractivity contribution is 0.0696. The molecule has 0 aromatic carbocycles. The third-order valence-electron chi connectivity index (χ3n) is 2.04. The number of carboxylic acids is 1. The lowest BCUT2D eigenvalue weighted by Crippen LogP contribution is -2.08. The molecule has 0 saturated heterocycles. The maximum absolute atomic E-state index is 10.9. The van der Waals surface area contributed by atoms with Crippen molar-refractivity contribution in [2.24, 2.45) is 0 Å². The summed E-state index contributed by atoms with van der Waals surface area (Å²) in [6.07, 6.45) is 3.04. The molecule has 82 valence electrons. The van der Waals surface area contributed by atoms with Gasteiger partial charge < -0.3 is 10.2 Å². The van der Waals surface area contributed by atoms with Gasteiger partial charge >= 0.3 is 5.97 Å². The Morgan fingerprint density at radius 3 is 2.88 bits per heavy atom. The molecule has 0 amide bonds. The Bertz CT molecular complexity index is 522. The van der Waals surface area contributed by atoms with E-state index < -0.39 is 5.97 Å². The lowest BCUT2D eigenvalue weighted by Gasteiger charge is -2.03. The number of aromatic nitrogens is 3. The number of nitrogens with zero attached hydrogens (tertiary/aromatic N) is 3. The quantitative estimate of drug-likeness (QED) is 0.782. The summed E-state index contributed by atoms with van der Waals surface area (Å²) in [6.45, 7) is -0.192. The SMILES string of the molecule is O=C(O)c1cccnc1-n1ccc(CO)n1. The number of aliphatic hydroxyl groups excluding tert-OH is 1. The van der Waals surface area contributed by atoms with Crippen LogP contribution < -0.4 is 0 Å². The fourth-order valence-electron chi connectivity index (χ4n) is 1.31. The molecule has 0 bridgehead atoms. The highest BCUT2D eigenvalue weighted by Crippen LogP contribution is 2.11. The number of pyridine rings is 1. The molecule has 2 aromatic heterocycles. The summed E-state index contributed by atoms with van der Waals surface area (Å²) < 4.78 is 1.33. The van der Waals surface area contributed by atoms with Crippen LogP contribution in [0.3, 0.4) is 0 Å². The van der Waals surface area contributed by atoms with Gasteiger partial charge in [0.15, 0.2) is 5.82 Å². The smallest absolute Gasteiger partial charge is 0.339 e. The largest absolute Gasteiger partial charge is 0.478 e. The van der Waals surface area contributed by atoms with Crippen molar-refractivity contribution in [1.29, 1.82) is 0 Å². The third-order valence-corrected chi connectivity index (χ3v) is 2.04. The third kappa shape index (κ3) is 1.78. The topological polar surface area (TPSA) is 88.2 Å². The van der Waals surface area contributed by atoms with Gasteiger partial charge in [0.2, 0.25) is 0 Å². The minimum Gasteiger partial charge on any atom is -0.478 e. The number of hydrogen-bond donors (Lipinski definition) is 2. The van der Waals surface area contributed by atoms with Gasteiger partial charge in [-0.05, 0) is 18.2 Å². The number of rotatable bonds is 3. The molecule has 0 radical (unpaired) electrons. The van der Waals surface area contributed by atoms with Crippen LogP contribution in [0, 0.1) is 0 Å². The van der Waals surface area contributed by atoms with Crippen molar-refractivity contribution >= 4 is 5.97 Å². The first-order valence-electron chi connectivity index (χ1n) is 4.56. The van der Waals surface area contributed by atoms with E-state index in [9.17, 15) is 4.79 Å². The summed E-state index contributed by atoms with van der Waals surface area (Å²) in [5, 5.41) is 21.8. The van der Waals surface area contributed by atoms with Crippen molar-refractivity contribution in [2.45, 2.75) is 6.61 Å². The lowest BCUT2D eigenvalue weighted by atomic mass is 10.2. The molecule has 2 heterocycles. The first-order valence-corrected chi connectivity index (χ1v) is 4.56. The highest BCUT2D eigenvalue weighted by Gasteiger charge is 2.12. The van der Waals surface area contributed by atoms with Gasteiger partial charge in [0.1, 0.15) is 5.56 Å². The summed E-state index contributed by atoms with van der Waals surface area (Å²) in [6, 6.07) is 4.59. The van der Waals surface area contributed by atoms with Crippen LogP contribution >= 0.6 is 0 Å². The molecule has 2 rings (SSSR count). The minimum absolute atomic E-state index is 0.0649. The molecule has 6 nitrogen and oxygen atoms in total. The van der Waals surface area contributed by atoms with Crippen LogP contribution in [0.2, 0.25) is 0 Å². The van der Waals surface area contributed by atoms with Crippen LogP contribution in [0.5, 0.6) is 0 Å². The molecule has 2 N–H and O–H groups in total. The van der Waals surface area contributed by atoms with Gasteiger partial charge in [-0.3, -0.25) is 0 Å². The van der Waals surface area contributed by atoms with E-state index in [0.29, 0.717) is 5.69 Å². The van der Waals surface area contributed by atoms with Crippen molar-refractivity contribution in [3.63, 3.8) is 0 Å². The van der Waals surface area contributed by atoms with Crippen molar-refractivity contribution in [3.8, 4) is 5.82 Å². The van der Waals surface area contributed by atoms with Crippen LogP contribution in [0.15, 0.2) is 30.6 Å². The Morgan fingerprint density at radius 1 is 1.44 bits per heavy atom. The predicted molar refractivity (Wildman–Crippen MR) is 54.2 cm³/mol. The number of hydrogen-bond acceptors (Lipinski definition) is 4. The summed E-state index contributed by atoms with van der Waals surface area (Å²) in [5.74, 6) is -0.834. The van der Waals surface area contributed by atoms with Crippen LogP contribution in [-0.4, -0.2) is 30.9 Å². The van der Waals surface area contributed by atoms with Crippen molar-refractivity contribution in [1.82, 2.24) is 14.8 Å². The molecular formula is C10H9N3O3. The van der Waals surface area contributed by atoms with Gasteiger partial charge in [0.05, 0.1) is 12.3 Å². The molecule has 0 atom stereocenters. The Morgan fingerprint density at radius 2 is 2.25 bits per heavy atom. The second-order valence-electron chi connectivity index (χ2n) is 3.09. The molecule has 6 heteroatoms. The highest BCUT2D eigenvalue weighted by molar-refractivity contribution is 5.90. The Hall–Kier alpha value is -2.21. The van der Waals surface area contributed by atoms with Crippen molar-refractivity contribution in [3.05, 3.63) is 41.9 Å². The Balaban J connectivity index is 2.50. The molecule has 2 aromatic rings. The van der Waals surface area contributed by atoms with E-state index in [1.54, 1.807) is 18.3 Å².